The third kappa shape index (κ3) is 6.16. The van der Waals surface area contributed by atoms with Gasteiger partial charge in [-0.25, -0.2) is 0 Å². The van der Waals surface area contributed by atoms with E-state index in [2.05, 4.69) is 31.4 Å². The number of hydrogen-bond donors (Lipinski definition) is 2. The van der Waals surface area contributed by atoms with E-state index in [9.17, 15) is 0 Å². The van der Waals surface area contributed by atoms with Gasteiger partial charge in [-0.05, 0) is 38.6 Å². The van der Waals surface area contributed by atoms with Crippen molar-refractivity contribution >= 4 is 0 Å². The molecule has 0 aromatic carbocycles. The zero-order chi connectivity index (χ0) is 11.1. The minimum atomic E-state index is 0.686. The van der Waals surface area contributed by atoms with Crippen molar-refractivity contribution in [3.63, 3.8) is 0 Å². The van der Waals surface area contributed by atoms with Crippen LogP contribution in [0.1, 0.15) is 52.9 Å². The molecular formula is C13H28N2. The van der Waals surface area contributed by atoms with Crippen LogP contribution in [0.5, 0.6) is 0 Å². The molecule has 15 heavy (non-hydrogen) atoms. The van der Waals surface area contributed by atoms with E-state index in [0.29, 0.717) is 6.04 Å². The third-order valence-electron chi connectivity index (χ3n) is 3.29. The van der Waals surface area contributed by atoms with Crippen LogP contribution in [0, 0.1) is 5.92 Å². The van der Waals surface area contributed by atoms with Crippen molar-refractivity contribution in [2.75, 3.05) is 13.1 Å². The molecule has 2 nitrogen and oxygen atoms in total. The van der Waals surface area contributed by atoms with Crippen LogP contribution in [0.3, 0.4) is 0 Å². The number of nitrogens with one attached hydrogen (secondary N) is 2. The topological polar surface area (TPSA) is 24.1 Å². The highest BCUT2D eigenvalue weighted by molar-refractivity contribution is 4.77. The molecule has 1 rings (SSSR count). The van der Waals surface area contributed by atoms with Crippen LogP contribution >= 0.6 is 0 Å². The van der Waals surface area contributed by atoms with Gasteiger partial charge in [0, 0.05) is 18.6 Å². The lowest BCUT2D eigenvalue weighted by Gasteiger charge is -2.17. The minimum Gasteiger partial charge on any atom is -0.313 e. The van der Waals surface area contributed by atoms with Gasteiger partial charge in [0.1, 0.15) is 0 Å². The fourth-order valence-electron chi connectivity index (χ4n) is 2.21. The average molecular weight is 212 g/mol. The maximum atomic E-state index is 3.64. The van der Waals surface area contributed by atoms with E-state index in [0.717, 1.165) is 18.5 Å². The average Bonchev–Trinajstić information content (AvgIpc) is 2.66. The van der Waals surface area contributed by atoms with Crippen LogP contribution in [0.2, 0.25) is 0 Å². The first-order valence-electron chi connectivity index (χ1n) is 6.65. The molecular weight excluding hydrogens is 184 g/mol. The molecule has 1 heterocycles. The van der Waals surface area contributed by atoms with Crippen LogP contribution in [-0.4, -0.2) is 25.2 Å². The van der Waals surface area contributed by atoms with E-state index in [-0.39, 0.29) is 0 Å². The van der Waals surface area contributed by atoms with E-state index in [1.54, 1.807) is 0 Å². The summed E-state index contributed by atoms with van der Waals surface area (Å²) in [7, 11) is 0. The highest BCUT2D eigenvalue weighted by Crippen LogP contribution is 2.09. The van der Waals surface area contributed by atoms with Crippen molar-refractivity contribution < 1.29 is 0 Å². The van der Waals surface area contributed by atoms with Crippen LogP contribution in [0.4, 0.5) is 0 Å². The molecule has 0 bridgehead atoms. The zero-order valence-electron chi connectivity index (χ0n) is 10.7. The first kappa shape index (κ1) is 13.0. The molecule has 2 atom stereocenters. The third-order valence-corrected chi connectivity index (χ3v) is 3.29. The molecule has 1 saturated heterocycles. The summed E-state index contributed by atoms with van der Waals surface area (Å²) in [6.45, 7) is 9.30. The van der Waals surface area contributed by atoms with Crippen molar-refractivity contribution in [1.29, 1.82) is 0 Å². The molecule has 90 valence electrons. The smallest absolute Gasteiger partial charge is 0.0193 e. The predicted octanol–water partition coefficient (Wildman–Crippen LogP) is 2.54. The summed E-state index contributed by atoms with van der Waals surface area (Å²) in [5.74, 6) is 0.855. The fraction of sp³-hybridized carbons (Fsp3) is 1.00. The molecule has 0 saturated carbocycles. The molecule has 0 spiro atoms. The van der Waals surface area contributed by atoms with Crippen molar-refractivity contribution in [1.82, 2.24) is 10.6 Å². The Morgan fingerprint density at radius 1 is 1.27 bits per heavy atom. The molecule has 0 aromatic rings. The van der Waals surface area contributed by atoms with E-state index >= 15 is 0 Å². The molecule has 1 aliphatic heterocycles. The standard InChI is InChI=1S/C13H28N2/c1-11(2)6-4-7-12(3)15-10-13-8-5-9-14-13/h11-15H,4-10H2,1-3H3. The summed E-state index contributed by atoms with van der Waals surface area (Å²) in [5.41, 5.74) is 0. The van der Waals surface area contributed by atoms with E-state index in [1.807, 2.05) is 0 Å². The summed E-state index contributed by atoms with van der Waals surface area (Å²) in [5, 5.41) is 7.16. The Kier molecular flexibility index (Phi) is 6.26. The second-order valence-electron chi connectivity index (χ2n) is 5.43. The van der Waals surface area contributed by atoms with Gasteiger partial charge in [0.05, 0.1) is 0 Å². The van der Waals surface area contributed by atoms with Gasteiger partial charge in [-0.3, -0.25) is 0 Å². The van der Waals surface area contributed by atoms with Gasteiger partial charge in [-0.15, -0.1) is 0 Å². The van der Waals surface area contributed by atoms with Crippen LogP contribution in [0.25, 0.3) is 0 Å². The first-order valence-corrected chi connectivity index (χ1v) is 6.65. The lowest BCUT2D eigenvalue weighted by molar-refractivity contribution is 0.432. The monoisotopic (exact) mass is 212 g/mol. The highest BCUT2D eigenvalue weighted by Gasteiger charge is 2.14. The van der Waals surface area contributed by atoms with Gasteiger partial charge >= 0.3 is 0 Å². The van der Waals surface area contributed by atoms with Crippen LogP contribution < -0.4 is 10.6 Å². The Bertz CT molecular complexity index is 151. The van der Waals surface area contributed by atoms with E-state index < -0.39 is 0 Å². The second-order valence-corrected chi connectivity index (χ2v) is 5.43. The van der Waals surface area contributed by atoms with Crippen LogP contribution in [0.15, 0.2) is 0 Å². The maximum Gasteiger partial charge on any atom is 0.0193 e. The lowest BCUT2D eigenvalue weighted by atomic mass is 10.0. The molecule has 1 aliphatic rings. The van der Waals surface area contributed by atoms with E-state index in [1.165, 1.54) is 38.6 Å². The Hall–Kier alpha value is -0.0800. The largest absolute Gasteiger partial charge is 0.313 e. The SMILES string of the molecule is CC(C)CCCC(C)NCC1CCCN1. The van der Waals surface area contributed by atoms with Gasteiger partial charge < -0.3 is 10.6 Å². The van der Waals surface area contributed by atoms with Crippen molar-refractivity contribution in [3.05, 3.63) is 0 Å². The van der Waals surface area contributed by atoms with Gasteiger partial charge in [0.2, 0.25) is 0 Å². The minimum absolute atomic E-state index is 0.686. The lowest BCUT2D eigenvalue weighted by Crippen LogP contribution is -2.38. The highest BCUT2D eigenvalue weighted by atomic mass is 15.0. The van der Waals surface area contributed by atoms with Gasteiger partial charge in [-0.1, -0.05) is 26.7 Å². The molecule has 2 N–H and O–H groups in total. The van der Waals surface area contributed by atoms with Crippen molar-refractivity contribution in [2.24, 2.45) is 5.92 Å². The second kappa shape index (κ2) is 7.24. The molecule has 2 heteroatoms. The Balaban J connectivity index is 1.95. The molecule has 1 fully saturated rings. The first-order chi connectivity index (χ1) is 7.18. The molecule has 2 unspecified atom stereocenters. The Morgan fingerprint density at radius 2 is 2.07 bits per heavy atom. The summed E-state index contributed by atoms with van der Waals surface area (Å²) in [6.07, 6.45) is 6.77. The molecule has 0 aliphatic carbocycles. The van der Waals surface area contributed by atoms with E-state index in [4.69, 9.17) is 0 Å². The van der Waals surface area contributed by atoms with Crippen molar-refractivity contribution in [2.45, 2.75) is 65.0 Å². The Morgan fingerprint density at radius 3 is 2.67 bits per heavy atom. The van der Waals surface area contributed by atoms with Crippen LogP contribution in [-0.2, 0) is 0 Å². The van der Waals surface area contributed by atoms with Gasteiger partial charge in [0.25, 0.3) is 0 Å². The predicted molar refractivity (Wildman–Crippen MR) is 67.2 cm³/mol. The molecule has 0 radical (unpaired) electrons. The molecule has 0 amide bonds. The quantitative estimate of drug-likeness (QED) is 0.678. The number of rotatable bonds is 7. The van der Waals surface area contributed by atoms with Gasteiger partial charge in [0.15, 0.2) is 0 Å². The summed E-state index contributed by atoms with van der Waals surface area (Å²) >= 11 is 0. The summed E-state index contributed by atoms with van der Waals surface area (Å²) < 4.78 is 0. The maximum absolute atomic E-state index is 3.64. The summed E-state index contributed by atoms with van der Waals surface area (Å²) in [6, 6.07) is 1.42. The fourth-order valence-corrected chi connectivity index (χ4v) is 2.21. The van der Waals surface area contributed by atoms with Gasteiger partial charge in [-0.2, -0.15) is 0 Å². The number of hydrogen-bond acceptors (Lipinski definition) is 2. The Labute approximate surface area is 95.2 Å². The molecule has 0 aromatic heterocycles. The zero-order valence-corrected chi connectivity index (χ0v) is 10.7. The summed E-state index contributed by atoms with van der Waals surface area (Å²) in [4.78, 5) is 0. The normalized spacial score (nSPS) is 23.6. The van der Waals surface area contributed by atoms with Crippen molar-refractivity contribution in [3.8, 4) is 0 Å².